The molecule has 3 aromatic heterocycles. The maximum Gasteiger partial charge on any atom is 0.259 e. The van der Waals surface area contributed by atoms with Gasteiger partial charge in [0.05, 0.1) is 29.8 Å². The van der Waals surface area contributed by atoms with Crippen LogP contribution in [-0.2, 0) is 17.7 Å². The standard InChI is InChI=1S/C18H21N5O4/c1-10-16-12(8-13(11-4-5-11)19-17(16)27-21-10)18(24)23(2)9-15-20-14(22-26-15)6-7-25-3/h8,11H,4-7,9H2,1-3H3. The van der Waals surface area contributed by atoms with Crippen LogP contribution in [0.4, 0.5) is 0 Å². The Balaban J connectivity index is 1.58. The predicted molar refractivity (Wildman–Crippen MR) is 94.2 cm³/mol. The van der Waals surface area contributed by atoms with Crippen molar-refractivity contribution in [3.8, 4) is 0 Å². The third kappa shape index (κ3) is 3.55. The number of ether oxygens (including phenoxy) is 1. The van der Waals surface area contributed by atoms with Crippen LogP contribution in [0, 0.1) is 6.92 Å². The number of aryl methyl sites for hydroxylation is 1. The molecule has 0 atom stereocenters. The molecule has 27 heavy (non-hydrogen) atoms. The van der Waals surface area contributed by atoms with E-state index in [9.17, 15) is 4.79 Å². The summed E-state index contributed by atoms with van der Waals surface area (Å²) in [7, 11) is 3.32. The summed E-state index contributed by atoms with van der Waals surface area (Å²) in [6, 6.07) is 1.86. The maximum absolute atomic E-state index is 13.1. The van der Waals surface area contributed by atoms with Gasteiger partial charge in [0.25, 0.3) is 11.6 Å². The zero-order valence-corrected chi connectivity index (χ0v) is 15.6. The second kappa shape index (κ2) is 7.07. The highest BCUT2D eigenvalue weighted by molar-refractivity contribution is 6.05. The topological polar surface area (TPSA) is 107 Å². The van der Waals surface area contributed by atoms with E-state index in [1.165, 1.54) is 0 Å². The number of nitrogens with zero attached hydrogens (tertiary/aromatic N) is 5. The predicted octanol–water partition coefficient (Wildman–Crippen LogP) is 2.25. The fourth-order valence-electron chi connectivity index (χ4n) is 3.00. The third-order valence-corrected chi connectivity index (χ3v) is 4.62. The van der Waals surface area contributed by atoms with Crippen molar-refractivity contribution in [1.29, 1.82) is 0 Å². The number of methoxy groups -OCH3 is 1. The van der Waals surface area contributed by atoms with Crippen molar-refractivity contribution in [2.24, 2.45) is 0 Å². The Morgan fingerprint density at radius 2 is 2.11 bits per heavy atom. The molecule has 1 aliphatic rings. The van der Waals surface area contributed by atoms with Gasteiger partial charge in [-0.1, -0.05) is 10.3 Å². The molecule has 1 saturated carbocycles. The SMILES string of the molecule is COCCc1noc(CN(C)C(=O)c2cc(C3CC3)nc3onc(C)c23)n1. The molecular weight excluding hydrogens is 350 g/mol. The first kappa shape index (κ1) is 17.6. The number of hydrogen-bond donors (Lipinski definition) is 0. The lowest BCUT2D eigenvalue weighted by atomic mass is 10.1. The Morgan fingerprint density at radius 1 is 1.30 bits per heavy atom. The van der Waals surface area contributed by atoms with E-state index in [2.05, 4.69) is 20.3 Å². The summed E-state index contributed by atoms with van der Waals surface area (Å²) in [6.07, 6.45) is 2.73. The van der Waals surface area contributed by atoms with Crippen molar-refractivity contribution in [3.05, 3.63) is 34.7 Å². The highest BCUT2D eigenvalue weighted by Gasteiger charge is 2.29. The molecular formula is C18H21N5O4. The zero-order chi connectivity index (χ0) is 19.0. The van der Waals surface area contributed by atoms with E-state index in [4.69, 9.17) is 13.8 Å². The summed E-state index contributed by atoms with van der Waals surface area (Å²) in [5, 5.41) is 8.53. The molecule has 1 amide bonds. The highest BCUT2D eigenvalue weighted by Crippen LogP contribution is 2.40. The molecule has 3 heterocycles. The Kier molecular flexibility index (Phi) is 4.61. The molecule has 0 N–H and O–H groups in total. The van der Waals surface area contributed by atoms with Gasteiger partial charge in [-0.2, -0.15) is 4.98 Å². The van der Waals surface area contributed by atoms with Gasteiger partial charge in [-0.3, -0.25) is 4.79 Å². The van der Waals surface area contributed by atoms with Crippen LogP contribution in [0.2, 0.25) is 0 Å². The molecule has 0 radical (unpaired) electrons. The number of carbonyl (C=O) groups is 1. The fraction of sp³-hybridized carbons (Fsp3) is 0.500. The zero-order valence-electron chi connectivity index (χ0n) is 15.6. The first-order valence-electron chi connectivity index (χ1n) is 8.89. The van der Waals surface area contributed by atoms with Crippen LogP contribution < -0.4 is 0 Å². The highest BCUT2D eigenvalue weighted by atomic mass is 16.5. The number of carbonyl (C=O) groups excluding carboxylic acids is 1. The van der Waals surface area contributed by atoms with E-state index in [1.807, 2.05) is 6.07 Å². The number of fused-ring (bicyclic) bond motifs is 1. The molecule has 0 aliphatic heterocycles. The Labute approximate surface area is 155 Å². The summed E-state index contributed by atoms with van der Waals surface area (Å²) < 4.78 is 15.6. The van der Waals surface area contributed by atoms with Crippen LogP contribution in [0.5, 0.6) is 0 Å². The van der Waals surface area contributed by atoms with Gasteiger partial charge >= 0.3 is 0 Å². The molecule has 1 aliphatic carbocycles. The molecule has 0 unspecified atom stereocenters. The van der Waals surface area contributed by atoms with E-state index in [-0.39, 0.29) is 12.5 Å². The van der Waals surface area contributed by atoms with Crippen molar-refractivity contribution in [2.45, 2.75) is 38.6 Å². The van der Waals surface area contributed by atoms with Gasteiger partial charge in [0.2, 0.25) is 5.89 Å². The van der Waals surface area contributed by atoms with E-state index < -0.39 is 0 Å². The maximum atomic E-state index is 13.1. The van der Waals surface area contributed by atoms with Crippen LogP contribution in [0.25, 0.3) is 11.1 Å². The van der Waals surface area contributed by atoms with E-state index in [1.54, 1.807) is 26.0 Å². The van der Waals surface area contributed by atoms with Crippen molar-refractivity contribution in [1.82, 2.24) is 25.2 Å². The van der Waals surface area contributed by atoms with Gasteiger partial charge in [0.1, 0.15) is 0 Å². The quantitative estimate of drug-likeness (QED) is 0.622. The molecule has 0 spiro atoms. The summed E-state index contributed by atoms with van der Waals surface area (Å²) >= 11 is 0. The monoisotopic (exact) mass is 371 g/mol. The van der Waals surface area contributed by atoms with Crippen LogP contribution >= 0.6 is 0 Å². The van der Waals surface area contributed by atoms with Gasteiger partial charge in [0, 0.05) is 32.2 Å². The van der Waals surface area contributed by atoms with Crippen molar-refractivity contribution < 1.29 is 18.6 Å². The smallest absolute Gasteiger partial charge is 0.259 e. The minimum atomic E-state index is -0.160. The number of pyridine rings is 1. The van der Waals surface area contributed by atoms with Gasteiger partial charge in [-0.05, 0) is 25.8 Å². The van der Waals surface area contributed by atoms with E-state index in [0.29, 0.717) is 53.0 Å². The fourth-order valence-corrected chi connectivity index (χ4v) is 3.00. The number of hydrogen-bond acceptors (Lipinski definition) is 8. The van der Waals surface area contributed by atoms with E-state index >= 15 is 0 Å². The minimum Gasteiger partial charge on any atom is -0.384 e. The Bertz CT molecular complexity index is 975. The Morgan fingerprint density at radius 3 is 2.85 bits per heavy atom. The molecule has 0 bridgehead atoms. The summed E-state index contributed by atoms with van der Waals surface area (Å²) in [5.41, 5.74) is 2.49. The second-order valence-corrected chi connectivity index (χ2v) is 6.83. The molecule has 3 aromatic rings. The average molecular weight is 371 g/mol. The van der Waals surface area contributed by atoms with Crippen LogP contribution in [0.3, 0.4) is 0 Å². The molecule has 9 nitrogen and oxygen atoms in total. The minimum absolute atomic E-state index is 0.160. The lowest BCUT2D eigenvalue weighted by Crippen LogP contribution is -2.27. The molecule has 9 heteroatoms. The number of amides is 1. The second-order valence-electron chi connectivity index (χ2n) is 6.83. The van der Waals surface area contributed by atoms with E-state index in [0.717, 1.165) is 18.5 Å². The lowest BCUT2D eigenvalue weighted by Gasteiger charge is -2.16. The summed E-state index contributed by atoms with van der Waals surface area (Å²) in [5.74, 6) is 1.18. The molecule has 0 saturated heterocycles. The molecule has 1 fully saturated rings. The first-order valence-corrected chi connectivity index (χ1v) is 8.89. The molecule has 4 rings (SSSR count). The largest absolute Gasteiger partial charge is 0.384 e. The normalized spacial score (nSPS) is 14.0. The molecule has 142 valence electrons. The Hall–Kier alpha value is -2.81. The van der Waals surface area contributed by atoms with Crippen LogP contribution in [0.15, 0.2) is 15.1 Å². The van der Waals surface area contributed by atoms with Crippen molar-refractivity contribution >= 4 is 17.0 Å². The number of rotatable bonds is 7. The third-order valence-electron chi connectivity index (χ3n) is 4.62. The summed E-state index contributed by atoms with van der Waals surface area (Å²) in [6.45, 7) is 2.53. The summed E-state index contributed by atoms with van der Waals surface area (Å²) in [4.78, 5) is 23.5. The van der Waals surface area contributed by atoms with Gasteiger partial charge in [-0.15, -0.1) is 0 Å². The molecule has 0 aromatic carbocycles. The van der Waals surface area contributed by atoms with Gasteiger partial charge in [0.15, 0.2) is 5.82 Å². The van der Waals surface area contributed by atoms with Crippen LogP contribution in [0.1, 0.15) is 52.2 Å². The van der Waals surface area contributed by atoms with Crippen LogP contribution in [-0.4, -0.2) is 51.9 Å². The van der Waals surface area contributed by atoms with Crippen molar-refractivity contribution in [2.75, 3.05) is 20.8 Å². The first-order chi connectivity index (χ1) is 13.1. The van der Waals surface area contributed by atoms with Gasteiger partial charge < -0.3 is 18.7 Å². The number of aromatic nitrogens is 4. The van der Waals surface area contributed by atoms with Gasteiger partial charge in [-0.25, -0.2) is 4.98 Å². The average Bonchev–Trinajstić information content (AvgIpc) is 3.33. The lowest BCUT2D eigenvalue weighted by molar-refractivity contribution is 0.0771. The van der Waals surface area contributed by atoms with Crippen molar-refractivity contribution in [3.63, 3.8) is 0 Å².